The van der Waals surface area contributed by atoms with E-state index in [9.17, 15) is 14.0 Å². The van der Waals surface area contributed by atoms with Crippen LogP contribution in [0.15, 0.2) is 36.4 Å². The summed E-state index contributed by atoms with van der Waals surface area (Å²) < 4.78 is 14.4. The smallest absolute Gasteiger partial charge is 0.405 e. The predicted octanol–water partition coefficient (Wildman–Crippen LogP) is 4.70. The number of nitrogens with one attached hydrogen (secondary N) is 1. The van der Waals surface area contributed by atoms with E-state index in [1.165, 1.54) is 6.07 Å². The van der Waals surface area contributed by atoms with Gasteiger partial charge in [-0.1, -0.05) is 53.5 Å². The van der Waals surface area contributed by atoms with Crippen molar-refractivity contribution in [2.45, 2.75) is 12.5 Å². The SMILES string of the molecule is O=CCC(NC(=O)O)c1c(F)c(Cl)cc(-c2ccccc2)c1Cl. The number of hydrogen-bond acceptors (Lipinski definition) is 2. The normalized spacial score (nSPS) is 11.8. The van der Waals surface area contributed by atoms with Crippen LogP contribution in [0, 0.1) is 5.82 Å². The fourth-order valence-electron chi connectivity index (χ4n) is 2.25. The lowest BCUT2D eigenvalue weighted by molar-refractivity contribution is -0.108. The van der Waals surface area contributed by atoms with Crippen LogP contribution in [0.4, 0.5) is 9.18 Å². The van der Waals surface area contributed by atoms with Gasteiger partial charge in [0.25, 0.3) is 0 Å². The molecule has 0 saturated carbocycles. The quantitative estimate of drug-likeness (QED) is 0.603. The zero-order valence-corrected chi connectivity index (χ0v) is 13.2. The molecule has 0 bridgehead atoms. The van der Waals surface area contributed by atoms with Crippen LogP contribution in [-0.2, 0) is 4.79 Å². The Bertz CT molecular complexity index is 738. The molecule has 1 atom stereocenters. The van der Waals surface area contributed by atoms with Gasteiger partial charge >= 0.3 is 6.09 Å². The number of benzene rings is 2. The molecule has 0 aromatic heterocycles. The first-order valence-corrected chi connectivity index (χ1v) is 7.37. The number of aldehydes is 1. The molecule has 0 aliphatic rings. The number of halogens is 3. The Labute approximate surface area is 141 Å². The Balaban J connectivity index is 2.64. The van der Waals surface area contributed by atoms with E-state index < -0.39 is 18.0 Å². The van der Waals surface area contributed by atoms with Gasteiger partial charge in [-0.3, -0.25) is 0 Å². The van der Waals surface area contributed by atoms with Crippen LogP contribution >= 0.6 is 23.2 Å². The molecule has 2 aromatic carbocycles. The maximum absolute atomic E-state index is 14.4. The first-order valence-electron chi connectivity index (χ1n) is 6.61. The molecule has 120 valence electrons. The molecule has 0 spiro atoms. The number of carbonyl (C=O) groups excluding carboxylic acids is 1. The van der Waals surface area contributed by atoms with Crippen LogP contribution in [0.25, 0.3) is 11.1 Å². The summed E-state index contributed by atoms with van der Waals surface area (Å²) in [5.41, 5.74) is 1.00. The van der Waals surface area contributed by atoms with Crippen molar-refractivity contribution in [3.8, 4) is 11.1 Å². The topological polar surface area (TPSA) is 66.4 Å². The standard InChI is InChI=1S/C16H12Cl2FNO3/c17-11-8-10(9-4-2-1-3-5-9)14(18)13(15(11)19)12(6-7-21)20-16(22)23/h1-5,7-8,12,20H,6H2,(H,22,23). The maximum Gasteiger partial charge on any atom is 0.405 e. The van der Waals surface area contributed by atoms with E-state index >= 15 is 0 Å². The molecule has 0 heterocycles. The van der Waals surface area contributed by atoms with Gasteiger partial charge in [0.2, 0.25) is 0 Å². The third-order valence-electron chi connectivity index (χ3n) is 3.25. The minimum absolute atomic E-state index is 0.0127. The van der Waals surface area contributed by atoms with Crippen molar-refractivity contribution in [2.75, 3.05) is 0 Å². The zero-order valence-electron chi connectivity index (χ0n) is 11.7. The van der Waals surface area contributed by atoms with E-state index in [-0.39, 0.29) is 22.0 Å². The summed E-state index contributed by atoms with van der Waals surface area (Å²) in [5, 5.41) is 10.8. The van der Waals surface area contributed by atoms with Crippen LogP contribution < -0.4 is 5.32 Å². The molecular formula is C16H12Cl2FNO3. The molecule has 0 radical (unpaired) electrons. The van der Waals surface area contributed by atoms with Gasteiger partial charge in [0.1, 0.15) is 12.1 Å². The third kappa shape index (κ3) is 3.81. The van der Waals surface area contributed by atoms with E-state index in [0.29, 0.717) is 17.4 Å². The average Bonchev–Trinajstić information content (AvgIpc) is 2.51. The molecule has 2 aromatic rings. The fourth-order valence-corrected chi connectivity index (χ4v) is 2.84. The first kappa shape index (κ1) is 17.2. The summed E-state index contributed by atoms with van der Waals surface area (Å²) in [5.74, 6) is -0.850. The van der Waals surface area contributed by atoms with E-state index in [0.717, 1.165) is 0 Å². The van der Waals surface area contributed by atoms with Crippen molar-refractivity contribution in [3.05, 3.63) is 57.8 Å². The lowest BCUT2D eigenvalue weighted by Gasteiger charge is -2.20. The number of hydrogen-bond donors (Lipinski definition) is 2. The predicted molar refractivity (Wildman–Crippen MR) is 86.4 cm³/mol. The molecule has 7 heteroatoms. The number of rotatable bonds is 5. The number of carboxylic acid groups (broad SMARTS) is 1. The molecule has 2 N–H and O–H groups in total. The molecular weight excluding hydrogens is 344 g/mol. The lowest BCUT2D eigenvalue weighted by atomic mass is 9.97. The Morgan fingerprint density at radius 1 is 1.30 bits per heavy atom. The highest BCUT2D eigenvalue weighted by molar-refractivity contribution is 6.36. The Hall–Kier alpha value is -2.11. The van der Waals surface area contributed by atoms with Crippen molar-refractivity contribution < 1.29 is 19.1 Å². The van der Waals surface area contributed by atoms with Gasteiger partial charge in [0, 0.05) is 17.5 Å². The summed E-state index contributed by atoms with van der Waals surface area (Å²) in [4.78, 5) is 21.7. The second kappa shape index (κ2) is 7.44. The molecule has 0 fully saturated rings. The van der Waals surface area contributed by atoms with Crippen LogP contribution in [0.3, 0.4) is 0 Å². The van der Waals surface area contributed by atoms with Crippen molar-refractivity contribution >= 4 is 35.6 Å². The Morgan fingerprint density at radius 3 is 2.52 bits per heavy atom. The Kier molecular flexibility index (Phi) is 5.58. The van der Waals surface area contributed by atoms with Gasteiger partial charge in [0.15, 0.2) is 0 Å². The molecule has 1 amide bonds. The first-order chi connectivity index (χ1) is 11.0. The van der Waals surface area contributed by atoms with E-state index in [2.05, 4.69) is 5.32 Å². The average molecular weight is 356 g/mol. The highest BCUT2D eigenvalue weighted by Crippen LogP contribution is 2.39. The van der Waals surface area contributed by atoms with Crippen LogP contribution in [0.5, 0.6) is 0 Å². The molecule has 0 saturated heterocycles. The summed E-state index contributed by atoms with van der Waals surface area (Å²) in [6.45, 7) is 0. The highest BCUT2D eigenvalue weighted by atomic mass is 35.5. The van der Waals surface area contributed by atoms with Gasteiger partial charge in [-0.15, -0.1) is 0 Å². The third-order valence-corrected chi connectivity index (χ3v) is 3.94. The summed E-state index contributed by atoms with van der Waals surface area (Å²) in [7, 11) is 0. The summed E-state index contributed by atoms with van der Waals surface area (Å²) in [6, 6.07) is 9.14. The molecule has 23 heavy (non-hydrogen) atoms. The molecule has 2 rings (SSSR count). The second-order valence-corrected chi connectivity index (χ2v) is 5.50. The van der Waals surface area contributed by atoms with Crippen molar-refractivity contribution in [3.63, 3.8) is 0 Å². The largest absolute Gasteiger partial charge is 0.465 e. The van der Waals surface area contributed by atoms with E-state index in [1.54, 1.807) is 24.3 Å². The molecule has 0 aliphatic heterocycles. The van der Waals surface area contributed by atoms with Gasteiger partial charge in [-0.2, -0.15) is 0 Å². The van der Waals surface area contributed by atoms with Crippen LogP contribution in [-0.4, -0.2) is 17.5 Å². The van der Waals surface area contributed by atoms with Crippen molar-refractivity contribution in [2.24, 2.45) is 0 Å². The van der Waals surface area contributed by atoms with Gasteiger partial charge in [-0.05, 0) is 11.6 Å². The fraction of sp³-hybridized carbons (Fsp3) is 0.125. The number of amides is 1. The van der Waals surface area contributed by atoms with E-state index in [1.807, 2.05) is 6.07 Å². The van der Waals surface area contributed by atoms with E-state index in [4.69, 9.17) is 28.3 Å². The second-order valence-electron chi connectivity index (χ2n) is 4.72. The minimum Gasteiger partial charge on any atom is -0.465 e. The highest BCUT2D eigenvalue weighted by Gasteiger charge is 2.25. The molecule has 0 aliphatic carbocycles. The van der Waals surface area contributed by atoms with Crippen LogP contribution in [0.1, 0.15) is 18.0 Å². The Morgan fingerprint density at radius 2 is 1.96 bits per heavy atom. The molecule has 4 nitrogen and oxygen atoms in total. The van der Waals surface area contributed by atoms with Gasteiger partial charge in [0.05, 0.1) is 16.1 Å². The van der Waals surface area contributed by atoms with Gasteiger partial charge < -0.3 is 15.2 Å². The maximum atomic E-state index is 14.4. The summed E-state index contributed by atoms with van der Waals surface area (Å²) in [6.07, 6.45) is -1.18. The van der Waals surface area contributed by atoms with Gasteiger partial charge in [-0.25, -0.2) is 9.18 Å². The lowest BCUT2D eigenvalue weighted by Crippen LogP contribution is -2.28. The van der Waals surface area contributed by atoms with Crippen molar-refractivity contribution in [1.82, 2.24) is 5.32 Å². The summed E-state index contributed by atoms with van der Waals surface area (Å²) >= 11 is 12.2. The zero-order chi connectivity index (χ0) is 17.0. The number of carbonyl (C=O) groups is 2. The monoisotopic (exact) mass is 355 g/mol. The van der Waals surface area contributed by atoms with Crippen LogP contribution in [0.2, 0.25) is 10.0 Å². The molecule has 1 unspecified atom stereocenters. The van der Waals surface area contributed by atoms with Crippen molar-refractivity contribution in [1.29, 1.82) is 0 Å². The minimum atomic E-state index is -1.39.